The summed E-state index contributed by atoms with van der Waals surface area (Å²) in [6, 6.07) is 4.04. The summed E-state index contributed by atoms with van der Waals surface area (Å²) in [7, 11) is 0. The van der Waals surface area contributed by atoms with Crippen molar-refractivity contribution in [3.8, 4) is 5.75 Å². The molecule has 4 heteroatoms. The van der Waals surface area contributed by atoms with Crippen molar-refractivity contribution in [3.05, 3.63) is 23.5 Å². The van der Waals surface area contributed by atoms with Crippen LogP contribution in [0.15, 0.2) is 18.3 Å². The molecule has 76 valence electrons. The van der Waals surface area contributed by atoms with Crippen molar-refractivity contribution in [3.63, 3.8) is 0 Å². The highest BCUT2D eigenvalue weighted by Crippen LogP contribution is 2.16. The molecule has 2 rings (SSSR count). The summed E-state index contributed by atoms with van der Waals surface area (Å²) < 4.78 is 5.55. The van der Waals surface area contributed by atoms with Crippen LogP contribution < -0.4 is 10.1 Å². The Bertz CT molecular complexity index is 301. The summed E-state index contributed by atoms with van der Waals surface area (Å²) >= 11 is 5.66. The van der Waals surface area contributed by atoms with Crippen molar-refractivity contribution < 1.29 is 4.74 Å². The van der Waals surface area contributed by atoms with Gasteiger partial charge < -0.3 is 10.1 Å². The van der Waals surface area contributed by atoms with Crippen molar-refractivity contribution in [2.75, 3.05) is 13.2 Å². The molecule has 1 N–H and O–H groups in total. The molecule has 1 aliphatic heterocycles. The zero-order valence-electron chi connectivity index (χ0n) is 8.03. The van der Waals surface area contributed by atoms with Crippen molar-refractivity contribution in [1.29, 1.82) is 0 Å². The molecule has 14 heavy (non-hydrogen) atoms. The zero-order valence-corrected chi connectivity index (χ0v) is 8.79. The first kappa shape index (κ1) is 9.74. The maximum atomic E-state index is 5.66. The maximum Gasteiger partial charge on any atom is 0.137 e. The van der Waals surface area contributed by atoms with Crippen LogP contribution in [-0.4, -0.2) is 24.2 Å². The molecule has 1 aliphatic rings. The third-order valence-corrected chi connectivity index (χ3v) is 2.74. The molecule has 2 heterocycles. The lowest BCUT2D eigenvalue weighted by molar-refractivity contribution is 0.161. The molecule has 3 nitrogen and oxygen atoms in total. The SMILES string of the molecule is C[C@@H]1CN[C@H]1COc1ccc(Cl)nc1. The second-order valence-corrected chi connectivity index (χ2v) is 4.01. The van der Waals surface area contributed by atoms with E-state index in [4.69, 9.17) is 16.3 Å². The number of rotatable bonds is 3. The molecule has 0 radical (unpaired) electrons. The van der Waals surface area contributed by atoms with E-state index in [2.05, 4.69) is 17.2 Å². The molecule has 0 amide bonds. The van der Waals surface area contributed by atoms with Gasteiger partial charge in [0.2, 0.25) is 0 Å². The minimum Gasteiger partial charge on any atom is -0.490 e. The smallest absolute Gasteiger partial charge is 0.137 e. The highest BCUT2D eigenvalue weighted by Gasteiger charge is 2.26. The summed E-state index contributed by atoms with van der Waals surface area (Å²) in [4.78, 5) is 3.94. The normalized spacial score (nSPS) is 25.6. The molecular formula is C10H13ClN2O. The maximum absolute atomic E-state index is 5.66. The molecule has 1 aromatic rings. The Labute approximate surface area is 88.4 Å². The first-order chi connectivity index (χ1) is 6.75. The molecule has 0 saturated carbocycles. The minimum atomic E-state index is 0.477. The number of pyridine rings is 1. The van der Waals surface area contributed by atoms with E-state index in [1.165, 1.54) is 0 Å². The molecular weight excluding hydrogens is 200 g/mol. The van der Waals surface area contributed by atoms with E-state index in [0.29, 0.717) is 23.7 Å². The van der Waals surface area contributed by atoms with Crippen LogP contribution in [0, 0.1) is 5.92 Å². The lowest BCUT2D eigenvalue weighted by Crippen LogP contribution is -2.54. The molecule has 0 spiro atoms. The lowest BCUT2D eigenvalue weighted by atomic mass is 9.95. The number of aromatic nitrogens is 1. The van der Waals surface area contributed by atoms with Crippen LogP contribution in [0.3, 0.4) is 0 Å². The van der Waals surface area contributed by atoms with Gasteiger partial charge in [0.15, 0.2) is 0 Å². The molecule has 2 atom stereocenters. The Balaban J connectivity index is 1.83. The van der Waals surface area contributed by atoms with Gasteiger partial charge in [-0.05, 0) is 24.6 Å². The molecule has 0 aliphatic carbocycles. The monoisotopic (exact) mass is 212 g/mol. The molecule has 1 fully saturated rings. The van der Waals surface area contributed by atoms with E-state index in [0.717, 1.165) is 12.3 Å². The standard InChI is InChI=1S/C10H13ClN2O/c1-7-4-12-9(7)6-14-8-2-3-10(11)13-5-8/h2-3,5,7,9,12H,4,6H2,1H3/t7-,9+/m1/s1. The molecule has 0 unspecified atom stereocenters. The van der Waals surface area contributed by atoms with Gasteiger partial charge in [0.05, 0.1) is 6.20 Å². The van der Waals surface area contributed by atoms with Crippen molar-refractivity contribution in [1.82, 2.24) is 10.3 Å². The van der Waals surface area contributed by atoms with E-state index in [1.807, 2.05) is 6.07 Å². The second-order valence-electron chi connectivity index (χ2n) is 3.62. The van der Waals surface area contributed by atoms with E-state index >= 15 is 0 Å². The first-order valence-corrected chi connectivity index (χ1v) is 5.11. The largest absolute Gasteiger partial charge is 0.490 e. The van der Waals surface area contributed by atoms with E-state index in [9.17, 15) is 0 Å². The number of ether oxygens (including phenoxy) is 1. The number of hydrogen-bond acceptors (Lipinski definition) is 3. The molecule has 0 aromatic carbocycles. The third-order valence-electron chi connectivity index (χ3n) is 2.52. The number of nitrogens with one attached hydrogen (secondary N) is 1. The fraction of sp³-hybridized carbons (Fsp3) is 0.500. The quantitative estimate of drug-likeness (QED) is 0.775. The Morgan fingerprint density at radius 3 is 3.00 bits per heavy atom. The molecule has 1 aromatic heterocycles. The predicted octanol–water partition coefficient (Wildman–Crippen LogP) is 1.72. The van der Waals surface area contributed by atoms with Crippen LogP contribution >= 0.6 is 11.6 Å². The third kappa shape index (κ3) is 2.16. The van der Waals surface area contributed by atoms with Gasteiger partial charge in [-0.3, -0.25) is 0 Å². The van der Waals surface area contributed by atoms with Crippen molar-refractivity contribution in [2.45, 2.75) is 13.0 Å². The average molecular weight is 213 g/mol. The van der Waals surface area contributed by atoms with Gasteiger partial charge in [0.1, 0.15) is 17.5 Å². The summed E-state index contributed by atoms with van der Waals surface area (Å²) in [5.41, 5.74) is 0. The van der Waals surface area contributed by atoms with E-state index in [1.54, 1.807) is 12.3 Å². The van der Waals surface area contributed by atoms with E-state index in [-0.39, 0.29) is 0 Å². The lowest BCUT2D eigenvalue weighted by Gasteiger charge is -2.35. The van der Waals surface area contributed by atoms with Gasteiger partial charge >= 0.3 is 0 Å². The van der Waals surface area contributed by atoms with Crippen LogP contribution in [-0.2, 0) is 0 Å². The number of halogens is 1. The highest BCUT2D eigenvalue weighted by molar-refractivity contribution is 6.29. The predicted molar refractivity (Wildman–Crippen MR) is 55.7 cm³/mol. The average Bonchev–Trinajstić information content (AvgIpc) is 2.19. The molecule has 0 bridgehead atoms. The summed E-state index contributed by atoms with van der Waals surface area (Å²) in [6.07, 6.45) is 1.64. The Morgan fingerprint density at radius 1 is 1.64 bits per heavy atom. The van der Waals surface area contributed by atoms with Gasteiger partial charge in [-0.25, -0.2) is 4.98 Å². The topological polar surface area (TPSA) is 34.1 Å². The first-order valence-electron chi connectivity index (χ1n) is 4.73. The zero-order chi connectivity index (χ0) is 9.97. The van der Waals surface area contributed by atoms with Crippen molar-refractivity contribution >= 4 is 11.6 Å². The van der Waals surface area contributed by atoms with Crippen LogP contribution in [0.2, 0.25) is 5.15 Å². The van der Waals surface area contributed by atoms with Crippen LogP contribution in [0.25, 0.3) is 0 Å². The van der Waals surface area contributed by atoms with Gasteiger partial charge in [-0.15, -0.1) is 0 Å². The van der Waals surface area contributed by atoms with Crippen LogP contribution in [0.5, 0.6) is 5.75 Å². The Hall–Kier alpha value is -0.800. The number of nitrogens with zero attached hydrogens (tertiary/aromatic N) is 1. The molecule has 1 saturated heterocycles. The summed E-state index contributed by atoms with van der Waals surface area (Å²) in [5, 5.41) is 3.80. The second kappa shape index (κ2) is 4.15. The van der Waals surface area contributed by atoms with Gasteiger partial charge in [0, 0.05) is 6.04 Å². The van der Waals surface area contributed by atoms with Gasteiger partial charge in [-0.1, -0.05) is 18.5 Å². The minimum absolute atomic E-state index is 0.477. The Kier molecular flexibility index (Phi) is 2.89. The fourth-order valence-electron chi connectivity index (χ4n) is 1.38. The summed E-state index contributed by atoms with van der Waals surface area (Å²) in [6.45, 7) is 4.00. The van der Waals surface area contributed by atoms with Crippen LogP contribution in [0.4, 0.5) is 0 Å². The summed E-state index contributed by atoms with van der Waals surface area (Å²) in [5.74, 6) is 1.48. The fourth-order valence-corrected chi connectivity index (χ4v) is 1.49. The van der Waals surface area contributed by atoms with Gasteiger partial charge in [-0.2, -0.15) is 0 Å². The van der Waals surface area contributed by atoms with E-state index < -0.39 is 0 Å². The van der Waals surface area contributed by atoms with Gasteiger partial charge in [0.25, 0.3) is 0 Å². The highest BCUT2D eigenvalue weighted by atomic mass is 35.5. The number of hydrogen-bond donors (Lipinski definition) is 1. The van der Waals surface area contributed by atoms with Crippen molar-refractivity contribution in [2.24, 2.45) is 5.92 Å². The Morgan fingerprint density at radius 2 is 2.50 bits per heavy atom. The van der Waals surface area contributed by atoms with Crippen LogP contribution in [0.1, 0.15) is 6.92 Å².